The number of nitrogens with one attached hydrogen (secondary N) is 1. The Morgan fingerprint density at radius 2 is 1.75 bits per heavy atom. The number of carbonyl (C=O) groups is 2. The minimum absolute atomic E-state index is 0.0314. The second kappa shape index (κ2) is 11.7. The molecule has 1 unspecified atom stereocenters. The van der Waals surface area contributed by atoms with Crippen LogP contribution < -0.4 is 10.1 Å². The summed E-state index contributed by atoms with van der Waals surface area (Å²) in [6, 6.07) is 15.3. The largest absolute Gasteiger partial charge is 0.497 e. The van der Waals surface area contributed by atoms with E-state index in [1.54, 1.807) is 12.0 Å². The van der Waals surface area contributed by atoms with Crippen molar-refractivity contribution in [1.29, 1.82) is 0 Å². The number of aryl methyl sites for hydroxylation is 1. The zero-order chi connectivity index (χ0) is 22.9. The van der Waals surface area contributed by atoms with Crippen molar-refractivity contribution in [3.8, 4) is 5.75 Å². The second-order valence-corrected chi connectivity index (χ2v) is 8.74. The summed E-state index contributed by atoms with van der Waals surface area (Å²) in [5.74, 6) is 0.691. The Kier molecular flexibility index (Phi) is 8.72. The van der Waals surface area contributed by atoms with Crippen LogP contribution in [0.4, 0.5) is 0 Å². The molecule has 172 valence electrons. The molecule has 2 aromatic rings. The van der Waals surface area contributed by atoms with Gasteiger partial charge >= 0.3 is 0 Å². The summed E-state index contributed by atoms with van der Waals surface area (Å²) in [5, 5.41) is 3.24. The third-order valence-corrected chi connectivity index (χ3v) is 6.45. The Balaban J connectivity index is 1.80. The molecule has 0 aliphatic heterocycles. The molecule has 0 spiro atoms. The van der Waals surface area contributed by atoms with Gasteiger partial charge in [0, 0.05) is 12.6 Å². The first-order valence-electron chi connectivity index (χ1n) is 11.8. The summed E-state index contributed by atoms with van der Waals surface area (Å²) in [4.78, 5) is 28.5. The highest BCUT2D eigenvalue weighted by atomic mass is 16.5. The average Bonchev–Trinajstić information content (AvgIpc) is 2.81. The van der Waals surface area contributed by atoms with Gasteiger partial charge in [-0.25, -0.2) is 0 Å². The van der Waals surface area contributed by atoms with Crippen LogP contribution in [0.15, 0.2) is 48.5 Å². The molecule has 2 aromatic carbocycles. The standard InChI is InChI=1S/C27H36N2O3/c1-4-25(27(31)28-23-12-6-5-7-13-23)29(19-22-11-9-8-10-20(22)2)26(30)18-21-14-16-24(32-3)17-15-21/h8-11,14-17,23,25H,4-7,12-13,18-19H2,1-3H3,(H,28,31). The molecular weight excluding hydrogens is 400 g/mol. The van der Waals surface area contributed by atoms with E-state index in [2.05, 4.69) is 5.32 Å². The fraction of sp³-hybridized carbons (Fsp3) is 0.481. The molecule has 1 atom stereocenters. The van der Waals surface area contributed by atoms with Crippen molar-refractivity contribution < 1.29 is 14.3 Å². The monoisotopic (exact) mass is 436 g/mol. The third-order valence-electron chi connectivity index (χ3n) is 6.45. The van der Waals surface area contributed by atoms with E-state index >= 15 is 0 Å². The summed E-state index contributed by atoms with van der Waals surface area (Å²) in [7, 11) is 1.63. The second-order valence-electron chi connectivity index (χ2n) is 8.74. The molecule has 1 aliphatic rings. The van der Waals surface area contributed by atoms with Gasteiger partial charge in [0.2, 0.25) is 11.8 Å². The fourth-order valence-electron chi connectivity index (χ4n) is 4.45. The summed E-state index contributed by atoms with van der Waals surface area (Å²) in [6.07, 6.45) is 6.45. The van der Waals surface area contributed by atoms with Crippen molar-refractivity contribution in [1.82, 2.24) is 10.2 Å². The van der Waals surface area contributed by atoms with E-state index in [1.807, 2.05) is 62.4 Å². The molecule has 2 amide bonds. The normalized spacial score (nSPS) is 15.1. The highest BCUT2D eigenvalue weighted by molar-refractivity contribution is 5.88. The van der Waals surface area contributed by atoms with E-state index < -0.39 is 6.04 Å². The van der Waals surface area contributed by atoms with Gasteiger partial charge < -0.3 is 15.0 Å². The molecule has 1 saturated carbocycles. The van der Waals surface area contributed by atoms with Gasteiger partial charge in [-0.3, -0.25) is 9.59 Å². The van der Waals surface area contributed by atoms with Gasteiger partial charge in [-0.1, -0.05) is 62.6 Å². The zero-order valence-corrected chi connectivity index (χ0v) is 19.6. The molecule has 0 bridgehead atoms. The fourth-order valence-corrected chi connectivity index (χ4v) is 4.45. The van der Waals surface area contributed by atoms with Gasteiger partial charge in [-0.05, 0) is 55.0 Å². The Hall–Kier alpha value is -2.82. The van der Waals surface area contributed by atoms with E-state index in [-0.39, 0.29) is 24.3 Å². The lowest BCUT2D eigenvalue weighted by atomic mass is 9.95. The maximum absolute atomic E-state index is 13.5. The SMILES string of the molecule is CCC(C(=O)NC1CCCCC1)N(Cc1ccccc1C)C(=O)Cc1ccc(OC)cc1. The average molecular weight is 437 g/mol. The van der Waals surface area contributed by atoms with Gasteiger partial charge in [-0.15, -0.1) is 0 Å². The molecule has 5 heteroatoms. The summed E-state index contributed by atoms with van der Waals surface area (Å²) in [5.41, 5.74) is 3.10. The number of nitrogens with zero attached hydrogens (tertiary/aromatic N) is 1. The molecular formula is C27H36N2O3. The van der Waals surface area contributed by atoms with Crippen molar-refractivity contribution in [3.63, 3.8) is 0 Å². The van der Waals surface area contributed by atoms with Gasteiger partial charge in [-0.2, -0.15) is 0 Å². The molecule has 5 nitrogen and oxygen atoms in total. The van der Waals surface area contributed by atoms with Gasteiger partial charge in [0.25, 0.3) is 0 Å². The minimum Gasteiger partial charge on any atom is -0.497 e. The molecule has 0 aromatic heterocycles. The van der Waals surface area contributed by atoms with E-state index in [4.69, 9.17) is 4.74 Å². The Morgan fingerprint density at radius 1 is 1.06 bits per heavy atom. The topological polar surface area (TPSA) is 58.6 Å². The van der Waals surface area contributed by atoms with Crippen molar-refractivity contribution in [2.24, 2.45) is 0 Å². The first-order chi connectivity index (χ1) is 15.5. The molecule has 0 heterocycles. The lowest BCUT2D eigenvalue weighted by molar-refractivity contribution is -0.141. The van der Waals surface area contributed by atoms with E-state index in [0.717, 1.165) is 48.1 Å². The van der Waals surface area contributed by atoms with Crippen LogP contribution in [0, 0.1) is 6.92 Å². The summed E-state index contributed by atoms with van der Waals surface area (Å²) in [6.45, 7) is 4.46. The third kappa shape index (κ3) is 6.35. The smallest absolute Gasteiger partial charge is 0.243 e. The van der Waals surface area contributed by atoms with Crippen LogP contribution in [-0.2, 0) is 22.6 Å². The summed E-state index contributed by atoms with van der Waals surface area (Å²) < 4.78 is 5.22. The quantitative estimate of drug-likeness (QED) is 0.614. The predicted molar refractivity (Wildman–Crippen MR) is 128 cm³/mol. The van der Waals surface area contributed by atoms with E-state index in [9.17, 15) is 9.59 Å². The first-order valence-corrected chi connectivity index (χ1v) is 11.8. The van der Waals surface area contributed by atoms with Gasteiger partial charge in [0.15, 0.2) is 0 Å². The molecule has 3 rings (SSSR count). The van der Waals surface area contributed by atoms with Crippen molar-refractivity contribution >= 4 is 11.8 Å². The number of rotatable bonds is 9. The Morgan fingerprint density at radius 3 is 2.38 bits per heavy atom. The van der Waals surface area contributed by atoms with Crippen LogP contribution in [-0.4, -0.2) is 35.9 Å². The molecule has 32 heavy (non-hydrogen) atoms. The molecule has 0 saturated heterocycles. The molecule has 1 aliphatic carbocycles. The van der Waals surface area contributed by atoms with Crippen LogP contribution in [0.5, 0.6) is 5.75 Å². The first kappa shape index (κ1) is 23.8. The predicted octanol–water partition coefficient (Wildman–Crippen LogP) is 4.80. The van der Waals surface area contributed by atoms with Crippen LogP contribution in [0.3, 0.4) is 0 Å². The molecule has 1 N–H and O–H groups in total. The number of benzene rings is 2. The van der Waals surface area contributed by atoms with E-state index in [1.165, 1.54) is 6.42 Å². The maximum atomic E-state index is 13.5. The lowest BCUT2D eigenvalue weighted by Crippen LogP contribution is -2.52. The highest BCUT2D eigenvalue weighted by Crippen LogP contribution is 2.21. The van der Waals surface area contributed by atoms with Gasteiger partial charge in [0.05, 0.1) is 13.5 Å². The van der Waals surface area contributed by atoms with Crippen LogP contribution in [0.2, 0.25) is 0 Å². The number of hydrogen-bond acceptors (Lipinski definition) is 3. The zero-order valence-electron chi connectivity index (χ0n) is 19.6. The van der Waals surface area contributed by atoms with Crippen LogP contribution in [0.1, 0.15) is 62.1 Å². The number of amides is 2. The van der Waals surface area contributed by atoms with Gasteiger partial charge in [0.1, 0.15) is 11.8 Å². The number of carbonyl (C=O) groups excluding carboxylic acids is 2. The Labute approximate surface area is 192 Å². The lowest BCUT2D eigenvalue weighted by Gasteiger charge is -2.33. The maximum Gasteiger partial charge on any atom is 0.243 e. The number of hydrogen-bond donors (Lipinski definition) is 1. The molecule has 0 radical (unpaired) electrons. The number of ether oxygens (including phenoxy) is 1. The molecule has 1 fully saturated rings. The number of methoxy groups -OCH3 is 1. The summed E-state index contributed by atoms with van der Waals surface area (Å²) >= 11 is 0. The van der Waals surface area contributed by atoms with Crippen molar-refractivity contribution in [3.05, 3.63) is 65.2 Å². The van der Waals surface area contributed by atoms with Crippen molar-refractivity contribution in [2.45, 2.75) is 77.4 Å². The van der Waals surface area contributed by atoms with Crippen LogP contribution >= 0.6 is 0 Å². The highest BCUT2D eigenvalue weighted by Gasteiger charge is 2.30. The van der Waals surface area contributed by atoms with Crippen LogP contribution in [0.25, 0.3) is 0 Å². The van der Waals surface area contributed by atoms with Crippen molar-refractivity contribution in [2.75, 3.05) is 7.11 Å². The Bertz CT molecular complexity index is 888. The van der Waals surface area contributed by atoms with E-state index in [0.29, 0.717) is 13.0 Å². The minimum atomic E-state index is -0.484.